The van der Waals surface area contributed by atoms with Crippen LogP contribution in [0.2, 0.25) is 0 Å². The zero-order chi connectivity index (χ0) is 15.2. The van der Waals surface area contributed by atoms with Gasteiger partial charge in [0.25, 0.3) is 0 Å². The molecule has 2 aromatic carbocycles. The van der Waals surface area contributed by atoms with Gasteiger partial charge in [-0.2, -0.15) is 0 Å². The van der Waals surface area contributed by atoms with Gasteiger partial charge in [0.15, 0.2) is 0 Å². The van der Waals surface area contributed by atoms with Gasteiger partial charge in [0.05, 0.1) is 7.11 Å². The maximum absolute atomic E-state index is 5.30. The van der Waals surface area contributed by atoms with Crippen LogP contribution >= 0.6 is 0 Å². The van der Waals surface area contributed by atoms with E-state index >= 15 is 0 Å². The number of piperazine rings is 1. The Balaban J connectivity index is 1.49. The van der Waals surface area contributed by atoms with E-state index in [9.17, 15) is 0 Å². The average molecular weight is 296 g/mol. The van der Waals surface area contributed by atoms with Crippen molar-refractivity contribution in [2.45, 2.75) is 13.1 Å². The highest BCUT2D eigenvalue weighted by Crippen LogP contribution is 2.16. The van der Waals surface area contributed by atoms with E-state index in [4.69, 9.17) is 4.74 Å². The predicted octanol–water partition coefficient (Wildman–Crippen LogP) is 3.01. The van der Waals surface area contributed by atoms with Crippen molar-refractivity contribution < 1.29 is 4.74 Å². The van der Waals surface area contributed by atoms with Crippen LogP contribution < -0.4 is 4.74 Å². The molecule has 0 saturated carbocycles. The summed E-state index contributed by atoms with van der Waals surface area (Å²) in [4.78, 5) is 5.06. The molecule has 0 unspecified atom stereocenters. The van der Waals surface area contributed by atoms with Crippen LogP contribution in [0.5, 0.6) is 5.75 Å². The Hall–Kier alpha value is -1.84. The molecule has 1 fully saturated rings. The van der Waals surface area contributed by atoms with Crippen LogP contribution in [0, 0.1) is 0 Å². The van der Waals surface area contributed by atoms with Crippen molar-refractivity contribution in [2.24, 2.45) is 0 Å². The molecule has 1 aliphatic heterocycles. The van der Waals surface area contributed by atoms with Crippen molar-refractivity contribution in [2.75, 3.05) is 33.3 Å². The summed E-state index contributed by atoms with van der Waals surface area (Å²) < 4.78 is 5.30. The molecule has 1 heterocycles. The third-order valence-electron chi connectivity index (χ3n) is 4.25. The second kappa shape index (κ2) is 7.43. The van der Waals surface area contributed by atoms with E-state index in [1.807, 2.05) is 6.07 Å². The molecule has 3 heteroatoms. The summed E-state index contributed by atoms with van der Waals surface area (Å²) in [7, 11) is 1.72. The molecule has 0 aromatic heterocycles. The number of benzene rings is 2. The molecule has 0 spiro atoms. The van der Waals surface area contributed by atoms with E-state index in [0.717, 1.165) is 45.0 Å². The smallest absolute Gasteiger partial charge is 0.119 e. The Bertz CT molecular complexity index is 577. The van der Waals surface area contributed by atoms with Crippen molar-refractivity contribution in [1.29, 1.82) is 0 Å². The maximum Gasteiger partial charge on any atom is 0.119 e. The molecule has 3 nitrogen and oxygen atoms in total. The summed E-state index contributed by atoms with van der Waals surface area (Å²) >= 11 is 0. The van der Waals surface area contributed by atoms with Crippen LogP contribution in [0.3, 0.4) is 0 Å². The van der Waals surface area contributed by atoms with Crippen molar-refractivity contribution in [1.82, 2.24) is 9.80 Å². The Morgan fingerprint density at radius 2 is 1.36 bits per heavy atom. The molecule has 3 rings (SSSR count). The van der Waals surface area contributed by atoms with Crippen LogP contribution in [0.1, 0.15) is 11.1 Å². The Morgan fingerprint density at radius 3 is 2.00 bits per heavy atom. The molecule has 0 atom stereocenters. The van der Waals surface area contributed by atoms with Gasteiger partial charge in [-0.1, -0.05) is 42.5 Å². The van der Waals surface area contributed by atoms with E-state index < -0.39 is 0 Å². The van der Waals surface area contributed by atoms with E-state index in [1.165, 1.54) is 11.1 Å². The first kappa shape index (κ1) is 15.1. The number of hydrogen-bond acceptors (Lipinski definition) is 3. The normalized spacial score (nSPS) is 16.6. The van der Waals surface area contributed by atoms with Crippen molar-refractivity contribution in [3.63, 3.8) is 0 Å². The highest BCUT2D eigenvalue weighted by atomic mass is 16.5. The number of nitrogens with zero attached hydrogens (tertiary/aromatic N) is 2. The van der Waals surface area contributed by atoms with Crippen LogP contribution in [0.25, 0.3) is 0 Å². The lowest BCUT2D eigenvalue weighted by Gasteiger charge is -2.34. The lowest BCUT2D eigenvalue weighted by atomic mass is 10.1. The summed E-state index contributed by atoms with van der Waals surface area (Å²) in [6.07, 6.45) is 0. The fourth-order valence-electron chi connectivity index (χ4n) is 2.98. The van der Waals surface area contributed by atoms with Crippen molar-refractivity contribution in [3.05, 3.63) is 65.7 Å². The van der Waals surface area contributed by atoms with Crippen LogP contribution in [0.4, 0.5) is 0 Å². The maximum atomic E-state index is 5.30. The first-order chi connectivity index (χ1) is 10.8. The lowest BCUT2D eigenvalue weighted by molar-refractivity contribution is 0.122. The SMILES string of the molecule is COc1cccc(CN2CCN(Cc3ccccc3)CC2)c1. The Kier molecular flexibility index (Phi) is 5.09. The minimum Gasteiger partial charge on any atom is -0.497 e. The summed E-state index contributed by atoms with van der Waals surface area (Å²) in [5.74, 6) is 0.945. The summed E-state index contributed by atoms with van der Waals surface area (Å²) in [6.45, 7) is 6.61. The largest absolute Gasteiger partial charge is 0.497 e. The molecule has 116 valence electrons. The molecule has 0 aliphatic carbocycles. The highest BCUT2D eigenvalue weighted by molar-refractivity contribution is 5.28. The van der Waals surface area contributed by atoms with Crippen molar-refractivity contribution >= 4 is 0 Å². The predicted molar refractivity (Wildman–Crippen MR) is 90.0 cm³/mol. The molecule has 1 aliphatic rings. The fraction of sp³-hybridized carbons (Fsp3) is 0.368. The van der Waals surface area contributed by atoms with Crippen molar-refractivity contribution in [3.8, 4) is 5.75 Å². The fourth-order valence-corrected chi connectivity index (χ4v) is 2.98. The van der Waals surface area contributed by atoms with Gasteiger partial charge in [0, 0.05) is 39.3 Å². The lowest BCUT2D eigenvalue weighted by Crippen LogP contribution is -2.45. The Labute approximate surface area is 133 Å². The van der Waals surface area contributed by atoms with Crippen LogP contribution in [-0.2, 0) is 13.1 Å². The second-order valence-electron chi connectivity index (χ2n) is 5.89. The summed E-state index contributed by atoms with van der Waals surface area (Å²) in [6, 6.07) is 19.1. The van der Waals surface area contributed by atoms with Gasteiger partial charge in [0.1, 0.15) is 5.75 Å². The first-order valence-electron chi connectivity index (χ1n) is 7.95. The number of methoxy groups -OCH3 is 1. The van der Waals surface area contributed by atoms with E-state index in [-0.39, 0.29) is 0 Å². The minimum atomic E-state index is 0.945. The molecule has 0 bridgehead atoms. The number of hydrogen-bond donors (Lipinski definition) is 0. The van der Waals surface area contributed by atoms with E-state index in [2.05, 4.69) is 58.3 Å². The molecule has 22 heavy (non-hydrogen) atoms. The van der Waals surface area contributed by atoms with Gasteiger partial charge in [-0.15, -0.1) is 0 Å². The zero-order valence-corrected chi connectivity index (χ0v) is 13.2. The van der Waals surface area contributed by atoms with Gasteiger partial charge in [-0.05, 0) is 23.3 Å². The summed E-state index contributed by atoms with van der Waals surface area (Å²) in [5, 5.41) is 0. The van der Waals surface area contributed by atoms with Gasteiger partial charge >= 0.3 is 0 Å². The minimum absolute atomic E-state index is 0.945. The average Bonchev–Trinajstić information content (AvgIpc) is 2.58. The standard InChI is InChI=1S/C19H24N2O/c1-22-19-9-5-8-18(14-19)16-21-12-10-20(11-13-21)15-17-6-3-2-4-7-17/h2-9,14H,10-13,15-16H2,1H3. The third kappa shape index (κ3) is 4.09. The van der Waals surface area contributed by atoms with Gasteiger partial charge in [-0.25, -0.2) is 0 Å². The molecule has 0 radical (unpaired) electrons. The van der Waals surface area contributed by atoms with E-state index in [1.54, 1.807) is 7.11 Å². The van der Waals surface area contributed by atoms with Gasteiger partial charge in [-0.3, -0.25) is 9.80 Å². The van der Waals surface area contributed by atoms with Crippen LogP contribution in [-0.4, -0.2) is 43.1 Å². The molecule has 1 saturated heterocycles. The second-order valence-corrected chi connectivity index (χ2v) is 5.89. The number of rotatable bonds is 5. The van der Waals surface area contributed by atoms with Gasteiger partial charge < -0.3 is 4.74 Å². The quantitative estimate of drug-likeness (QED) is 0.843. The molecule has 0 N–H and O–H groups in total. The van der Waals surface area contributed by atoms with Gasteiger partial charge in [0.2, 0.25) is 0 Å². The monoisotopic (exact) mass is 296 g/mol. The molecule has 0 amide bonds. The Morgan fingerprint density at radius 1 is 0.773 bits per heavy atom. The van der Waals surface area contributed by atoms with E-state index in [0.29, 0.717) is 0 Å². The zero-order valence-electron chi connectivity index (χ0n) is 13.2. The highest BCUT2D eigenvalue weighted by Gasteiger charge is 2.17. The molecular formula is C19H24N2O. The molecular weight excluding hydrogens is 272 g/mol. The number of ether oxygens (including phenoxy) is 1. The molecule has 2 aromatic rings. The first-order valence-corrected chi connectivity index (χ1v) is 7.95. The van der Waals surface area contributed by atoms with Crippen LogP contribution in [0.15, 0.2) is 54.6 Å². The topological polar surface area (TPSA) is 15.7 Å². The summed E-state index contributed by atoms with van der Waals surface area (Å²) in [5.41, 5.74) is 2.74. The third-order valence-corrected chi connectivity index (χ3v) is 4.25.